The van der Waals surface area contributed by atoms with E-state index in [2.05, 4.69) is 20.8 Å². The number of hydrogen-bond acceptors (Lipinski definition) is 10. The van der Waals surface area contributed by atoms with E-state index >= 15 is 0 Å². The van der Waals surface area contributed by atoms with Crippen LogP contribution in [0.5, 0.6) is 0 Å². The largest absolute Gasteiger partial charge is 0.396 e. The fraction of sp³-hybridized carbons (Fsp3) is 1.00. The highest BCUT2D eigenvalue weighted by atomic mass is 16.7. The van der Waals surface area contributed by atoms with E-state index in [1.54, 1.807) is 0 Å². The van der Waals surface area contributed by atoms with Gasteiger partial charge in [0.05, 0.1) is 31.5 Å². The van der Waals surface area contributed by atoms with Gasteiger partial charge in [-0.2, -0.15) is 0 Å². The number of hydrogen-bond donors (Lipinski definition) is 6. The van der Waals surface area contributed by atoms with E-state index in [4.69, 9.17) is 18.9 Å². The first-order valence-electron chi connectivity index (χ1n) is 17.0. The van der Waals surface area contributed by atoms with Gasteiger partial charge >= 0.3 is 0 Å². The van der Waals surface area contributed by atoms with Crippen molar-refractivity contribution < 1.29 is 49.6 Å². The summed E-state index contributed by atoms with van der Waals surface area (Å²) < 4.78 is 25.8. The number of ether oxygens (including phenoxy) is 4. The molecule has 4 aliphatic carbocycles. The van der Waals surface area contributed by atoms with Gasteiger partial charge in [-0.05, 0) is 91.8 Å². The third-order valence-electron chi connectivity index (χ3n) is 14.2. The monoisotopic (exact) mass is 610 g/mol. The molecule has 0 aromatic carbocycles. The smallest absolute Gasteiger partial charge is 0.186 e. The molecule has 6 N–H and O–H groups in total. The van der Waals surface area contributed by atoms with Gasteiger partial charge in [-0.3, -0.25) is 0 Å². The molecule has 4 saturated carbocycles. The van der Waals surface area contributed by atoms with Crippen LogP contribution < -0.4 is 0 Å². The predicted molar refractivity (Wildman–Crippen MR) is 153 cm³/mol. The lowest BCUT2D eigenvalue weighted by Gasteiger charge is -2.63. The molecule has 18 atom stereocenters. The molecule has 10 heteroatoms. The van der Waals surface area contributed by atoms with Crippen LogP contribution in [0.3, 0.4) is 0 Å². The number of fused-ring (bicyclic) bond motifs is 7. The molecule has 3 saturated heterocycles. The Morgan fingerprint density at radius 1 is 0.791 bits per heavy atom. The average molecular weight is 611 g/mol. The van der Waals surface area contributed by atoms with Crippen LogP contribution in [-0.2, 0) is 18.9 Å². The Morgan fingerprint density at radius 3 is 2.26 bits per heavy atom. The molecule has 7 aliphatic rings. The Kier molecular flexibility index (Phi) is 8.06. The van der Waals surface area contributed by atoms with Crippen LogP contribution in [-0.4, -0.2) is 105 Å². The standard InChI is InChI=1S/C33H54O10/c1-16-26-24(43-33(16)9-4-17(13-34)15-40-33)12-21-19-11-23(41-30-29(39)28(38)27(37)25(14-35)42-30)22-10-18(36)5-7-31(22,2)20(19)6-8-32(21,26)3/h16-30,34-39H,4-15H2,1-3H3/t16-,17-,18-,19+,20-,21-,22+,23-,24-,25+,26-,27+,28-,29+,30+,31+,32-,33+/m0/s1. The highest BCUT2D eigenvalue weighted by molar-refractivity contribution is 5.16. The summed E-state index contributed by atoms with van der Waals surface area (Å²) in [5.41, 5.74) is 0.0520. The quantitative estimate of drug-likeness (QED) is 0.258. The van der Waals surface area contributed by atoms with Crippen molar-refractivity contribution in [3.05, 3.63) is 0 Å². The molecule has 3 aliphatic heterocycles. The lowest BCUT2D eigenvalue weighted by atomic mass is 9.43. The Hall–Kier alpha value is -0.400. The second-order valence-electron chi connectivity index (χ2n) is 16.0. The molecule has 1 spiro atoms. The van der Waals surface area contributed by atoms with E-state index < -0.39 is 49.2 Å². The van der Waals surface area contributed by atoms with Crippen molar-refractivity contribution in [2.75, 3.05) is 19.8 Å². The molecule has 246 valence electrons. The Labute approximate surface area is 255 Å². The summed E-state index contributed by atoms with van der Waals surface area (Å²) in [6.07, 6.45) is 0.998. The summed E-state index contributed by atoms with van der Waals surface area (Å²) in [5.74, 6) is 1.69. The zero-order valence-electron chi connectivity index (χ0n) is 26.0. The molecule has 0 radical (unpaired) electrons. The molecular weight excluding hydrogens is 556 g/mol. The summed E-state index contributed by atoms with van der Waals surface area (Å²) in [7, 11) is 0. The number of aliphatic hydroxyl groups excluding tert-OH is 6. The lowest BCUT2D eigenvalue weighted by molar-refractivity contribution is -0.328. The SMILES string of the molecule is C[C@H]1[C@H]2[C@H](C[C@H]3[C@@H]4C[C@H](O[C@@H]5O[C@H](CO)[C@@H](O)[C@H](O)[C@H]5O)[C@H]5C[C@@H](O)CC[C@]5(C)[C@H]4CC[C@]23C)O[C@]12CC[C@@H](CO)CO2. The fourth-order valence-electron chi connectivity index (χ4n) is 11.8. The maximum Gasteiger partial charge on any atom is 0.186 e. The van der Waals surface area contributed by atoms with Crippen molar-refractivity contribution in [3.63, 3.8) is 0 Å². The van der Waals surface area contributed by atoms with E-state index in [9.17, 15) is 30.6 Å². The van der Waals surface area contributed by atoms with Gasteiger partial charge in [0.25, 0.3) is 0 Å². The Morgan fingerprint density at radius 2 is 1.56 bits per heavy atom. The molecule has 10 nitrogen and oxygen atoms in total. The van der Waals surface area contributed by atoms with Crippen LogP contribution in [0.2, 0.25) is 0 Å². The van der Waals surface area contributed by atoms with Crippen molar-refractivity contribution in [3.8, 4) is 0 Å². The molecular formula is C33H54O10. The van der Waals surface area contributed by atoms with Gasteiger partial charge in [-0.15, -0.1) is 0 Å². The summed E-state index contributed by atoms with van der Waals surface area (Å²) in [5, 5.41) is 61.9. The zero-order chi connectivity index (χ0) is 30.5. The summed E-state index contributed by atoms with van der Waals surface area (Å²) in [6.45, 7) is 7.38. The van der Waals surface area contributed by atoms with Crippen molar-refractivity contribution >= 4 is 0 Å². The normalized spacial score (nSPS) is 59.8. The molecule has 0 unspecified atom stereocenters. The second kappa shape index (κ2) is 11.1. The highest BCUT2D eigenvalue weighted by Crippen LogP contribution is 2.71. The molecule has 43 heavy (non-hydrogen) atoms. The lowest BCUT2D eigenvalue weighted by Crippen LogP contribution is -2.63. The molecule has 0 aromatic rings. The van der Waals surface area contributed by atoms with Crippen LogP contribution in [0.4, 0.5) is 0 Å². The van der Waals surface area contributed by atoms with Gasteiger partial charge in [0, 0.05) is 24.9 Å². The van der Waals surface area contributed by atoms with E-state index in [0.717, 1.165) is 51.4 Å². The second-order valence-corrected chi connectivity index (χ2v) is 16.0. The van der Waals surface area contributed by atoms with Crippen LogP contribution in [0.25, 0.3) is 0 Å². The first kappa shape index (κ1) is 31.2. The van der Waals surface area contributed by atoms with Crippen LogP contribution in [0.15, 0.2) is 0 Å². The average Bonchev–Trinajstić information content (AvgIpc) is 3.44. The summed E-state index contributed by atoms with van der Waals surface area (Å²) in [4.78, 5) is 0. The molecule has 3 heterocycles. The molecule has 7 fully saturated rings. The highest BCUT2D eigenvalue weighted by Gasteiger charge is 2.70. The topological polar surface area (TPSA) is 158 Å². The van der Waals surface area contributed by atoms with Gasteiger partial charge in [0.2, 0.25) is 0 Å². The van der Waals surface area contributed by atoms with Crippen molar-refractivity contribution in [1.82, 2.24) is 0 Å². The Balaban J connectivity index is 1.15. The summed E-state index contributed by atoms with van der Waals surface area (Å²) in [6, 6.07) is 0. The number of rotatable bonds is 4. The van der Waals surface area contributed by atoms with E-state index in [1.807, 2.05) is 0 Å². The van der Waals surface area contributed by atoms with Crippen molar-refractivity contribution in [2.24, 2.45) is 52.3 Å². The van der Waals surface area contributed by atoms with Crippen LogP contribution >= 0.6 is 0 Å². The molecule has 0 amide bonds. The zero-order valence-corrected chi connectivity index (χ0v) is 26.0. The van der Waals surface area contributed by atoms with Gasteiger partial charge in [-0.1, -0.05) is 20.8 Å². The van der Waals surface area contributed by atoms with E-state index in [1.165, 1.54) is 0 Å². The first-order valence-corrected chi connectivity index (χ1v) is 17.0. The first-order chi connectivity index (χ1) is 20.5. The summed E-state index contributed by atoms with van der Waals surface area (Å²) >= 11 is 0. The third kappa shape index (κ3) is 4.64. The maximum absolute atomic E-state index is 10.8. The van der Waals surface area contributed by atoms with Crippen LogP contribution in [0, 0.1) is 52.3 Å². The fourth-order valence-corrected chi connectivity index (χ4v) is 11.8. The molecule has 7 rings (SSSR count). The van der Waals surface area contributed by atoms with Gasteiger partial charge in [0.15, 0.2) is 12.1 Å². The molecule has 0 bridgehead atoms. The number of aliphatic hydroxyl groups is 6. The van der Waals surface area contributed by atoms with Gasteiger partial charge in [-0.25, -0.2) is 0 Å². The molecule has 0 aromatic heterocycles. The van der Waals surface area contributed by atoms with Crippen molar-refractivity contribution in [2.45, 2.75) is 133 Å². The minimum absolute atomic E-state index is 0.0422. The van der Waals surface area contributed by atoms with E-state index in [-0.39, 0.29) is 47.4 Å². The third-order valence-corrected chi connectivity index (χ3v) is 14.2. The van der Waals surface area contributed by atoms with Crippen LogP contribution in [0.1, 0.15) is 78.6 Å². The maximum atomic E-state index is 10.8. The minimum atomic E-state index is -1.48. The minimum Gasteiger partial charge on any atom is -0.396 e. The van der Waals surface area contributed by atoms with E-state index in [0.29, 0.717) is 36.7 Å². The van der Waals surface area contributed by atoms with Gasteiger partial charge in [0.1, 0.15) is 24.4 Å². The Bertz CT molecular complexity index is 1020. The van der Waals surface area contributed by atoms with Gasteiger partial charge < -0.3 is 49.6 Å². The predicted octanol–water partition coefficient (Wildman–Crippen LogP) is 1.56. The van der Waals surface area contributed by atoms with Crippen molar-refractivity contribution in [1.29, 1.82) is 0 Å².